The minimum Gasteiger partial charge on any atom is -0.477 e. The van der Waals surface area contributed by atoms with E-state index in [2.05, 4.69) is 35.8 Å². The lowest BCUT2D eigenvalue weighted by Crippen LogP contribution is -2.38. The molecule has 0 saturated carbocycles. The number of aromatic carboxylic acids is 1. The van der Waals surface area contributed by atoms with E-state index in [0.29, 0.717) is 11.0 Å². The quantitative estimate of drug-likeness (QED) is 0.438. The van der Waals surface area contributed by atoms with Gasteiger partial charge in [-0.15, -0.1) is 0 Å². The van der Waals surface area contributed by atoms with Crippen LogP contribution in [-0.4, -0.2) is 65.8 Å². The van der Waals surface area contributed by atoms with Gasteiger partial charge in [0.1, 0.15) is 17.4 Å². The summed E-state index contributed by atoms with van der Waals surface area (Å²) in [4.78, 5) is 26.1. The van der Waals surface area contributed by atoms with E-state index < -0.39 is 17.8 Å². The van der Waals surface area contributed by atoms with Crippen LogP contribution in [0.4, 0.5) is 14.2 Å². The lowest BCUT2D eigenvalue weighted by Gasteiger charge is -2.26. The number of hydrogen-bond acceptors (Lipinski definition) is 7. The number of rotatable bonds is 9. The molecule has 0 aliphatic carbocycles. The molecule has 9 nitrogen and oxygen atoms in total. The van der Waals surface area contributed by atoms with Gasteiger partial charge in [-0.25, -0.2) is 14.0 Å². The van der Waals surface area contributed by atoms with Crippen LogP contribution in [0.25, 0.3) is 0 Å². The number of ether oxygens (including phenoxy) is 2. The van der Waals surface area contributed by atoms with Gasteiger partial charge in [0, 0.05) is 29.7 Å². The van der Waals surface area contributed by atoms with E-state index in [1.807, 2.05) is 0 Å². The van der Waals surface area contributed by atoms with E-state index in [4.69, 9.17) is 9.47 Å². The summed E-state index contributed by atoms with van der Waals surface area (Å²) in [5.41, 5.74) is -0.0222. The highest BCUT2D eigenvalue weighted by Gasteiger charge is 2.23. The molecule has 1 saturated heterocycles. The van der Waals surface area contributed by atoms with Crippen molar-refractivity contribution in [2.75, 3.05) is 44.7 Å². The molecule has 31 heavy (non-hydrogen) atoms. The summed E-state index contributed by atoms with van der Waals surface area (Å²) in [6.45, 7) is 4.28. The molecule has 0 unspecified atom stereocenters. The zero-order chi connectivity index (χ0) is 22.2. The molecule has 1 aromatic carbocycles. The van der Waals surface area contributed by atoms with Gasteiger partial charge in [-0.2, -0.15) is 4.37 Å². The standard InChI is InChI=1S/C19H22BrFN4O5S/c20-13-3-2-12(14(21)10-13)11-30-16-15(18(26)27)17(31-24-16)23-19(28)22-4-1-5-25-6-8-29-9-7-25/h2-3,10H,1,4-9,11H2,(H,26,27)(H2,22,23,28). The highest BCUT2D eigenvalue weighted by molar-refractivity contribution is 9.10. The van der Waals surface area contributed by atoms with Crippen molar-refractivity contribution in [1.29, 1.82) is 0 Å². The maximum Gasteiger partial charge on any atom is 0.344 e. The fraction of sp³-hybridized carbons (Fsp3) is 0.421. The van der Waals surface area contributed by atoms with E-state index in [0.717, 1.165) is 50.8 Å². The first kappa shape index (κ1) is 23.4. The van der Waals surface area contributed by atoms with Crippen LogP contribution in [0.1, 0.15) is 22.3 Å². The average molecular weight is 517 g/mol. The van der Waals surface area contributed by atoms with Gasteiger partial charge in [0.25, 0.3) is 0 Å². The molecule has 1 fully saturated rings. The number of hydrogen-bond donors (Lipinski definition) is 3. The summed E-state index contributed by atoms with van der Waals surface area (Å²) >= 11 is 3.95. The second-order valence-electron chi connectivity index (χ2n) is 6.71. The highest BCUT2D eigenvalue weighted by atomic mass is 79.9. The van der Waals surface area contributed by atoms with Gasteiger partial charge >= 0.3 is 12.0 Å². The summed E-state index contributed by atoms with van der Waals surface area (Å²) in [5.74, 6) is -1.97. The number of halogens is 2. The largest absolute Gasteiger partial charge is 0.477 e. The Morgan fingerprint density at radius 3 is 2.84 bits per heavy atom. The van der Waals surface area contributed by atoms with Gasteiger partial charge in [-0.05, 0) is 36.6 Å². The van der Waals surface area contributed by atoms with E-state index in [-0.39, 0.29) is 28.6 Å². The SMILES string of the molecule is O=C(NCCCN1CCOCC1)Nc1snc(OCc2ccc(Br)cc2F)c1C(=O)O. The highest BCUT2D eigenvalue weighted by Crippen LogP contribution is 2.31. The number of aromatic nitrogens is 1. The molecule has 12 heteroatoms. The number of benzene rings is 1. The van der Waals surface area contributed by atoms with Crippen molar-refractivity contribution in [1.82, 2.24) is 14.6 Å². The van der Waals surface area contributed by atoms with Crippen LogP contribution in [0.2, 0.25) is 0 Å². The smallest absolute Gasteiger partial charge is 0.344 e. The number of amides is 2. The Hall–Kier alpha value is -2.28. The van der Waals surface area contributed by atoms with Gasteiger partial charge in [0.2, 0.25) is 5.88 Å². The fourth-order valence-corrected chi connectivity index (χ4v) is 3.97. The Bertz CT molecular complexity index is 923. The number of carboxylic acids is 1. The van der Waals surface area contributed by atoms with Crippen LogP contribution in [0.3, 0.4) is 0 Å². The van der Waals surface area contributed by atoms with Crippen molar-refractivity contribution in [3.63, 3.8) is 0 Å². The third-order valence-electron chi connectivity index (χ3n) is 4.52. The second kappa shape index (κ2) is 11.4. The normalized spacial score (nSPS) is 14.3. The molecule has 2 amide bonds. The van der Waals surface area contributed by atoms with Gasteiger partial charge in [0.05, 0.1) is 13.2 Å². The van der Waals surface area contributed by atoms with Crippen molar-refractivity contribution < 1.29 is 28.6 Å². The summed E-state index contributed by atoms with van der Waals surface area (Å²) in [6.07, 6.45) is 0.759. The Morgan fingerprint density at radius 1 is 1.35 bits per heavy atom. The van der Waals surface area contributed by atoms with Crippen molar-refractivity contribution in [3.05, 3.63) is 39.6 Å². The molecule has 1 aliphatic rings. The van der Waals surface area contributed by atoms with Gasteiger partial charge in [-0.3, -0.25) is 10.2 Å². The van der Waals surface area contributed by atoms with E-state index in [9.17, 15) is 19.1 Å². The summed E-state index contributed by atoms with van der Waals surface area (Å²) in [5, 5.41) is 14.8. The monoisotopic (exact) mass is 516 g/mol. The van der Waals surface area contributed by atoms with Crippen LogP contribution in [0.5, 0.6) is 5.88 Å². The molecule has 1 aromatic heterocycles. The molecule has 2 heterocycles. The minimum absolute atomic E-state index is 0.0458. The second-order valence-corrected chi connectivity index (χ2v) is 8.40. The Morgan fingerprint density at radius 2 is 2.13 bits per heavy atom. The number of anilines is 1. The maximum atomic E-state index is 13.9. The Labute approximate surface area is 190 Å². The predicted octanol–water partition coefficient (Wildman–Crippen LogP) is 3.17. The minimum atomic E-state index is -1.30. The van der Waals surface area contributed by atoms with Crippen molar-refractivity contribution >= 4 is 44.5 Å². The lowest BCUT2D eigenvalue weighted by atomic mass is 10.2. The van der Waals surface area contributed by atoms with E-state index in [1.54, 1.807) is 6.07 Å². The van der Waals surface area contributed by atoms with Crippen LogP contribution >= 0.6 is 27.5 Å². The molecule has 3 N–H and O–H groups in total. The Balaban J connectivity index is 1.51. The van der Waals surface area contributed by atoms with Gasteiger partial charge in [0.15, 0.2) is 5.56 Å². The number of urea groups is 1. The first-order chi connectivity index (χ1) is 14.9. The van der Waals surface area contributed by atoms with E-state index in [1.165, 1.54) is 12.1 Å². The molecular formula is C19H22BrFN4O5S. The number of nitrogens with one attached hydrogen (secondary N) is 2. The predicted molar refractivity (Wildman–Crippen MR) is 116 cm³/mol. The van der Waals surface area contributed by atoms with Crippen LogP contribution in [0.15, 0.2) is 22.7 Å². The first-order valence-electron chi connectivity index (χ1n) is 9.58. The molecule has 0 atom stereocenters. The molecule has 0 spiro atoms. The average Bonchev–Trinajstić information content (AvgIpc) is 3.14. The number of carbonyl (C=O) groups is 2. The van der Waals surface area contributed by atoms with Crippen molar-refractivity contribution in [2.24, 2.45) is 0 Å². The third-order valence-corrected chi connectivity index (χ3v) is 5.76. The van der Waals surface area contributed by atoms with Gasteiger partial charge < -0.3 is 19.9 Å². The molecule has 0 radical (unpaired) electrons. The molecule has 0 bridgehead atoms. The number of nitrogens with zero attached hydrogens (tertiary/aromatic N) is 2. The van der Waals surface area contributed by atoms with Crippen LogP contribution < -0.4 is 15.4 Å². The summed E-state index contributed by atoms with van der Waals surface area (Å²) in [7, 11) is 0. The maximum absolute atomic E-state index is 13.9. The van der Waals surface area contributed by atoms with E-state index >= 15 is 0 Å². The first-order valence-corrected chi connectivity index (χ1v) is 11.2. The van der Waals surface area contributed by atoms with Crippen molar-refractivity contribution in [2.45, 2.75) is 13.0 Å². The molecule has 3 rings (SSSR count). The fourth-order valence-electron chi connectivity index (χ4n) is 2.91. The van der Waals surface area contributed by atoms with Gasteiger partial charge in [-0.1, -0.05) is 22.0 Å². The zero-order valence-electron chi connectivity index (χ0n) is 16.5. The number of carboxylic acid groups (broad SMARTS) is 1. The third kappa shape index (κ3) is 6.86. The van der Waals surface area contributed by atoms with Crippen molar-refractivity contribution in [3.8, 4) is 5.88 Å². The molecule has 168 valence electrons. The van der Waals surface area contributed by atoms with Crippen LogP contribution in [0, 0.1) is 5.82 Å². The molecular weight excluding hydrogens is 495 g/mol. The summed E-state index contributed by atoms with van der Waals surface area (Å²) in [6, 6.07) is 3.93. The number of morpholine rings is 1. The Kier molecular flexibility index (Phi) is 8.58. The number of carbonyl (C=O) groups excluding carboxylic acids is 1. The molecule has 1 aliphatic heterocycles. The topological polar surface area (TPSA) is 113 Å². The molecule has 2 aromatic rings. The lowest BCUT2D eigenvalue weighted by molar-refractivity contribution is 0.0375. The summed E-state index contributed by atoms with van der Waals surface area (Å²) < 4.78 is 29.2. The van der Waals surface area contributed by atoms with Crippen LogP contribution in [-0.2, 0) is 11.3 Å². The zero-order valence-corrected chi connectivity index (χ0v) is 18.9.